The summed E-state index contributed by atoms with van der Waals surface area (Å²) in [6.45, 7) is 2.12. The number of hydrogen-bond acceptors (Lipinski definition) is 4. The van der Waals surface area contributed by atoms with Crippen LogP contribution in [0.15, 0.2) is 23.2 Å². The average Bonchev–Trinajstić information content (AvgIpc) is 3.07. The predicted molar refractivity (Wildman–Crippen MR) is 70.9 cm³/mol. The number of hydrogen-bond donors (Lipinski definition) is 2. The van der Waals surface area contributed by atoms with Gasteiger partial charge in [0.05, 0.1) is 0 Å². The summed E-state index contributed by atoms with van der Waals surface area (Å²) < 4.78 is 27.2. The fraction of sp³-hybridized carbons (Fsp3) is 0.583. The van der Waals surface area contributed by atoms with Gasteiger partial charge in [-0.2, -0.15) is 0 Å². The Morgan fingerprint density at radius 1 is 1.50 bits per heavy atom. The fourth-order valence-corrected chi connectivity index (χ4v) is 3.62. The van der Waals surface area contributed by atoms with E-state index in [0.29, 0.717) is 11.7 Å². The minimum atomic E-state index is -3.47. The number of aromatic nitrogens is 1. The second-order valence-electron chi connectivity index (χ2n) is 4.61. The quantitative estimate of drug-likeness (QED) is 0.822. The van der Waals surface area contributed by atoms with Gasteiger partial charge in [0.1, 0.15) is 10.7 Å². The Bertz CT molecular complexity index is 516. The average molecular weight is 269 g/mol. The third kappa shape index (κ3) is 2.81. The van der Waals surface area contributed by atoms with Gasteiger partial charge in [-0.05, 0) is 30.9 Å². The van der Waals surface area contributed by atoms with Gasteiger partial charge in [-0.3, -0.25) is 0 Å². The molecule has 1 heterocycles. The van der Waals surface area contributed by atoms with Gasteiger partial charge < -0.3 is 5.32 Å². The molecular formula is C12H19N3O2S. The summed E-state index contributed by atoms with van der Waals surface area (Å²) in [4.78, 5) is 4.23. The van der Waals surface area contributed by atoms with Crippen molar-refractivity contribution in [3.05, 3.63) is 18.3 Å². The molecule has 100 valence electrons. The summed E-state index contributed by atoms with van der Waals surface area (Å²) in [5.41, 5.74) is 0. The van der Waals surface area contributed by atoms with Crippen LogP contribution in [0.3, 0.4) is 0 Å². The minimum Gasteiger partial charge on any atom is -0.372 e. The number of anilines is 1. The maximum Gasteiger partial charge on any atom is 0.244 e. The first kappa shape index (κ1) is 13.3. The first-order valence-electron chi connectivity index (χ1n) is 6.23. The highest BCUT2D eigenvalue weighted by atomic mass is 32.2. The highest BCUT2D eigenvalue weighted by Crippen LogP contribution is 2.36. The molecule has 6 heteroatoms. The van der Waals surface area contributed by atoms with Crippen LogP contribution in [0.25, 0.3) is 0 Å². The number of nitrogens with one attached hydrogen (secondary N) is 2. The summed E-state index contributed by atoms with van der Waals surface area (Å²) in [5, 5.41) is 2.80. The molecule has 18 heavy (non-hydrogen) atoms. The molecular weight excluding hydrogens is 250 g/mol. The largest absolute Gasteiger partial charge is 0.372 e. The molecule has 0 radical (unpaired) electrons. The Hall–Kier alpha value is -1.14. The smallest absolute Gasteiger partial charge is 0.244 e. The summed E-state index contributed by atoms with van der Waals surface area (Å²) in [6.07, 6.45) is 4.70. The fourth-order valence-electron chi connectivity index (χ4n) is 2.14. The van der Waals surface area contributed by atoms with Crippen LogP contribution in [0.5, 0.6) is 0 Å². The lowest BCUT2D eigenvalue weighted by atomic mass is 10.2. The number of sulfonamides is 1. The normalized spacial score (nSPS) is 22.8. The van der Waals surface area contributed by atoms with Crippen molar-refractivity contribution in [3.8, 4) is 0 Å². The molecule has 2 atom stereocenters. The third-order valence-corrected chi connectivity index (χ3v) is 4.71. The summed E-state index contributed by atoms with van der Waals surface area (Å²) in [5.74, 6) is 0.886. The van der Waals surface area contributed by atoms with Crippen LogP contribution >= 0.6 is 0 Å². The lowest BCUT2D eigenvalue weighted by molar-refractivity contribution is 0.573. The van der Waals surface area contributed by atoms with Crippen LogP contribution < -0.4 is 10.0 Å². The monoisotopic (exact) mass is 269 g/mol. The summed E-state index contributed by atoms with van der Waals surface area (Å²) in [6, 6.07) is 3.30. The number of nitrogens with zero attached hydrogens (tertiary/aromatic N) is 1. The molecule has 1 saturated carbocycles. The summed E-state index contributed by atoms with van der Waals surface area (Å²) in [7, 11) is -1.80. The van der Waals surface area contributed by atoms with Crippen LogP contribution in [0, 0.1) is 5.92 Å². The second-order valence-corrected chi connectivity index (χ2v) is 6.29. The van der Waals surface area contributed by atoms with Crippen LogP contribution in [0.2, 0.25) is 0 Å². The zero-order chi connectivity index (χ0) is 13.2. The van der Waals surface area contributed by atoms with E-state index in [9.17, 15) is 8.42 Å². The van der Waals surface area contributed by atoms with Crippen molar-refractivity contribution >= 4 is 15.8 Å². The molecule has 2 N–H and O–H groups in total. The molecule has 0 spiro atoms. The molecule has 0 bridgehead atoms. The molecule has 0 aromatic carbocycles. The van der Waals surface area contributed by atoms with E-state index in [1.165, 1.54) is 0 Å². The van der Waals surface area contributed by atoms with Gasteiger partial charge in [-0.15, -0.1) is 0 Å². The maximum atomic E-state index is 12.2. The van der Waals surface area contributed by atoms with E-state index in [-0.39, 0.29) is 10.9 Å². The number of rotatable bonds is 6. The van der Waals surface area contributed by atoms with Gasteiger partial charge in [0.2, 0.25) is 10.0 Å². The van der Waals surface area contributed by atoms with Crippen molar-refractivity contribution in [3.63, 3.8) is 0 Å². The van der Waals surface area contributed by atoms with Crippen LogP contribution in [-0.2, 0) is 10.0 Å². The zero-order valence-electron chi connectivity index (χ0n) is 10.7. The Balaban J connectivity index is 2.12. The molecule has 1 aliphatic carbocycles. The Morgan fingerprint density at radius 2 is 2.28 bits per heavy atom. The highest BCUT2D eigenvalue weighted by Gasteiger charge is 2.39. The molecule has 1 aromatic heterocycles. The first-order chi connectivity index (χ1) is 8.58. The van der Waals surface area contributed by atoms with E-state index in [2.05, 4.69) is 21.9 Å². The Kier molecular flexibility index (Phi) is 3.87. The van der Waals surface area contributed by atoms with Gasteiger partial charge in [-0.25, -0.2) is 18.1 Å². The molecule has 2 rings (SSSR count). The van der Waals surface area contributed by atoms with Crippen molar-refractivity contribution in [1.82, 2.24) is 9.71 Å². The topological polar surface area (TPSA) is 71.1 Å². The SMILES string of the molecule is CCCC1CC1NS(=O)(=O)c1cccnc1NC. The Labute approximate surface area is 108 Å². The van der Waals surface area contributed by atoms with E-state index in [0.717, 1.165) is 19.3 Å². The molecule has 0 aliphatic heterocycles. The van der Waals surface area contributed by atoms with E-state index in [1.54, 1.807) is 25.4 Å². The van der Waals surface area contributed by atoms with Gasteiger partial charge >= 0.3 is 0 Å². The maximum absolute atomic E-state index is 12.2. The molecule has 0 amide bonds. The minimum absolute atomic E-state index is 0.0971. The van der Waals surface area contributed by atoms with Crippen LogP contribution in [0.4, 0.5) is 5.82 Å². The van der Waals surface area contributed by atoms with Gasteiger partial charge in [-0.1, -0.05) is 13.3 Å². The molecule has 2 unspecified atom stereocenters. The van der Waals surface area contributed by atoms with E-state index in [4.69, 9.17) is 0 Å². The molecule has 1 aromatic rings. The van der Waals surface area contributed by atoms with Crippen molar-refractivity contribution < 1.29 is 8.42 Å². The van der Waals surface area contributed by atoms with E-state index < -0.39 is 10.0 Å². The molecule has 1 fully saturated rings. The third-order valence-electron chi connectivity index (χ3n) is 3.19. The summed E-state index contributed by atoms with van der Waals surface area (Å²) >= 11 is 0. The molecule has 0 saturated heterocycles. The van der Waals surface area contributed by atoms with E-state index >= 15 is 0 Å². The van der Waals surface area contributed by atoms with Gasteiger partial charge in [0, 0.05) is 19.3 Å². The number of pyridine rings is 1. The van der Waals surface area contributed by atoms with Crippen LogP contribution in [0.1, 0.15) is 26.2 Å². The lowest BCUT2D eigenvalue weighted by Crippen LogP contribution is -2.28. The lowest BCUT2D eigenvalue weighted by Gasteiger charge is -2.09. The van der Waals surface area contributed by atoms with Crippen molar-refractivity contribution in [2.75, 3.05) is 12.4 Å². The van der Waals surface area contributed by atoms with Gasteiger partial charge in [0.25, 0.3) is 0 Å². The predicted octanol–water partition coefficient (Wildman–Crippen LogP) is 1.59. The van der Waals surface area contributed by atoms with Crippen molar-refractivity contribution in [2.24, 2.45) is 5.92 Å². The molecule has 1 aliphatic rings. The first-order valence-corrected chi connectivity index (χ1v) is 7.72. The van der Waals surface area contributed by atoms with Crippen molar-refractivity contribution in [2.45, 2.75) is 37.1 Å². The van der Waals surface area contributed by atoms with Crippen LogP contribution in [-0.4, -0.2) is 26.5 Å². The Morgan fingerprint density at radius 3 is 2.94 bits per heavy atom. The molecule has 5 nitrogen and oxygen atoms in total. The zero-order valence-corrected chi connectivity index (χ0v) is 11.5. The van der Waals surface area contributed by atoms with E-state index in [1.807, 2.05) is 0 Å². The second kappa shape index (κ2) is 5.24. The van der Waals surface area contributed by atoms with Crippen molar-refractivity contribution in [1.29, 1.82) is 0 Å². The highest BCUT2D eigenvalue weighted by molar-refractivity contribution is 7.89. The van der Waals surface area contributed by atoms with Gasteiger partial charge in [0.15, 0.2) is 0 Å². The standard InChI is InChI=1S/C12H19N3O2S/c1-3-5-9-8-10(9)15-18(16,17)11-6-4-7-14-12(11)13-2/h4,6-7,9-10,15H,3,5,8H2,1-2H3,(H,13,14).